The molecule has 0 saturated carbocycles. The van der Waals surface area contributed by atoms with Crippen LogP contribution < -0.4 is 4.74 Å². The molecule has 0 aliphatic carbocycles. The molecule has 202 valence electrons. The summed E-state index contributed by atoms with van der Waals surface area (Å²) in [6.07, 6.45) is 1.78. The smallest absolute Gasteiger partial charge is 0.163 e. The molecular formula is C35H26N6O. The van der Waals surface area contributed by atoms with E-state index < -0.39 is 0 Å². The fourth-order valence-electron chi connectivity index (χ4n) is 5.60. The third-order valence-corrected chi connectivity index (χ3v) is 7.44. The second kappa shape index (κ2) is 10.0. The average molecular weight is 547 g/mol. The van der Waals surface area contributed by atoms with Crippen LogP contribution in [0.15, 0.2) is 103 Å². The minimum atomic E-state index is 0.615. The first-order valence-electron chi connectivity index (χ1n) is 13.7. The van der Waals surface area contributed by atoms with Crippen molar-refractivity contribution in [1.29, 1.82) is 5.26 Å². The van der Waals surface area contributed by atoms with Gasteiger partial charge in [-0.25, -0.2) is 14.6 Å². The van der Waals surface area contributed by atoms with Crippen molar-refractivity contribution in [2.75, 3.05) is 0 Å². The van der Waals surface area contributed by atoms with Gasteiger partial charge in [0.15, 0.2) is 5.82 Å². The fourth-order valence-corrected chi connectivity index (χ4v) is 5.60. The summed E-state index contributed by atoms with van der Waals surface area (Å²) in [4.78, 5) is 9.39. The molecule has 42 heavy (non-hydrogen) atoms. The van der Waals surface area contributed by atoms with Crippen LogP contribution in [0.25, 0.3) is 44.7 Å². The highest BCUT2D eigenvalue weighted by Crippen LogP contribution is 2.36. The van der Waals surface area contributed by atoms with E-state index in [1.165, 1.54) is 0 Å². The van der Waals surface area contributed by atoms with Gasteiger partial charge in [0.2, 0.25) is 0 Å². The van der Waals surface area contributed by atoms with E-state index in [0.29, 0.717) is 22.9 Å². The predicted octanol–water partition coefficient (Wildman–Crippen LogP) is 8.02. The van der Waals surface area contributed by atoms with Crippen molar-refractivity contribution >= 4 is 21.8 Å². The van der Waals surface area contributed by atoms with Crippen LogP contribution in [0.2, 0.25) is 0 Å². The summed E-state index contributed by atoms with van der Waals surface area (Å²) in [5.41, 5.74) is 6.74. The normalized spacial score (nSPS) is 11.2. The summed E-state index contributed by atoms with van der Waals surface area (Å²) in [6, 6.07) is 34.0. The van der Waals surface area contributed by atoms with Crippen molar-refractivity contribution in [3.05, 3.63) is 126 Å². The van der Waals surface area contributed by atoms with Crippen LogP contribution in [0, 0.1) is 32.1 Å². The highest BCUT2D eigenvalue weighted by atomic mass is 16.5. The predicted molar refractivity (Wildman–Crippen MR) is 164 cm³/mol. The van der Waals surface area contributed by atoms with Crippen LogP contribution in [-0.4, -0.2) is 24.3 Å². The van der Waals surface area contributed by atoms with E-state index in [4.69, 9.17) is 14.8 Å². The number of benzene rings is 4. The van der Waals surface area contributed by atoms with E-state index >= 15 is 0 Å². The van der Waals surface area contributed by atoms with Crippen LogP contribution in [0.1, 0.15) is 22.5 Å². The largest absolute Gasteiger partial charge is 0.457 e. The molecule has 0 radical (unpaired) electrons. The summed E-state index contributed by atoms with van der Waals surface area (Å²) in [5.74, 6) is 3.63. The lowest BCUT2D eigenvalue weighted by atomic mass is 10.1. The fraction of sp³-hybridized carbons (Fsp3) is 0.0857. The van der Waals surface area contributed by atoms with E-state index in [1.54, 1.807) is 6.20 Å². The van der Waals surface area contributed by atoms with Gasteiger partial charge in [-0.3, -0.25) is 4.57 Å². The van der Waals surface area contributed by atoms with E-state index in [2.05, 4.69) is 47.7 Å². The van der Waals surface area contributed by atoms with Crippen LogP contribution in [0.3, 0.4) is 0 Å². The molecule has 0 unspecified atom stereocenters. The van der Waals surface area contributed by atoms with Crippen molar-refractivity contribution in [3.63, 3.8) is 0 Å². The van der Waals surface area contributed by atoms with Crippen molar-refractivity contribution in [2.45, 2.75) is 20.8 Å². The summed E-state index contributed by atoms with van der Waals surface area (Å²) < 4.78 is 10.5. The molecule has 0 atom stereocenters. The van der Waals surface area contributed by atoms with Crippen molar-refractivity contribution in [1.82, 2.24) is 24.3 Å². The Bertz CT molecular complexity index is 2150. The molecule has 3 aromatic heterocycles. The molecule has 7 nitrogen and oxygen atoms in total. The Morgan fingerprint density at radius 1 is 0.738 bits per heavy atom. The first-order valence-corrected chi connectivity index (χ1v) is 13.7. The molecule has 0 fully saturated rings. The lowest BCUT2D eigenvalue weighted by molar-refractivity contribution is 0.483. The maximum atomic E-state index is 9.52. The van der Waals surface area contributed by atoms with Gasteiger partial charge in [-0.15, -0.1) is 0 Å². The number of nitriles is 1. The first-order chi connectivity index (χ1) is 20.5. The van der Waals surface area contributed by atoms with Crippen molar-refractivity contribution in [2.24, 2.45) is 0 Å². The highest BCUT2D eigenvalue weighted by molar-refractivity contribution is 6.09. The van der Waals surface area contributed by atoms with Gasteiger partial charge in [-0.2, -0.15) is 10.4 Å². The topological polar surface area (TPSA) is 81.5 Å². The van der Waals surface area contributed by atoms with Crippen LogP contribution >= 0.6 is 0 Å². The highest BCUT2D eigenvalue weighted by Gasteiger charge is 2.17. The zero-order chi connectivity index (χ0) is 28.8. The number of fused-ring (bicyclic) bond motifs is 3. The molecule has 0 aliphatic heterocycles. The summed E-state index contributed by atoms with van der Waals surface area (Å²) in [5, 5.41) is 16.3. The molecule has 0 amide bonds. The van der Waals surface area contributed by atoms with E-state index in [0.717, 1.165) is 55.8 Å². The Kier molecular flexibility index (Phi) is 6.02. The lowest BCUT2D eigenvalue weighted by Crippen LogP contribution is -2.04. The van der Waals surface area contributed by atoms with Gasteiger partial charge in [0.1, 0.15) is 23.1 Å². The minimum Gasteiger partial charge on any atom is -0.457 e. The standard InChI is InChI=1S/C35H26N6O/c1-22-8-6-9-23(2)34(22)41-35(38-24(3)39-41)26-10-7-11-27(19-26)42-28-14-15-29-30-18-25(21-36)13-16-31(30)40(32(29)20-28)33-12-4-5-17-37-33/h4-20H,1-3H3. The Hall–Kier alpha value is -5.74. The quantitative estimate of drug-likeness (QED) is 0.218. The number of para-hydroxylation sites is 1. The lowest BCUT2D eigenvalue weighted by Gasteiger charge is -2.13. The molecule has 7 aromatic rings. The average Bonchev–Trinajstić information content (AvgIpc) is 3.54. The molecule has 0 saturated heterocycles. The Labute approximate surface area is 242 Å². The molecular weight excluding hydrogens is 520 g/mol. The van der Waals surface area contributed by atoms with Crippen LogP contribution in [-0.2, 0) is 0 Å². The van der Waals surface area contributed by atoms with Crippen molar-refractivity contribution < 1.29 is 4.74 Å². The van der Waals surface area contributed by atoms with E-state index in [1.807, 2.05) is 90.5 Å². The first kappa shape index (κ1) is 25.2. The molecule has 0 bridgehead atoms. The van der Waals surface area contributed by atoms with Gasteiger partial charge in [0.25, 0.3) is 0 Å². The maximum Gasteiger partial charge on any atom is 0.163 e. The zero-order valence-corrected chi connectivity index (χ0v) is 23.4. The monoisotopic (exact) mass is 546 g/mol. The molecule has 4 aromatic carbocycles. The second-order valence-electron chi connectivity index (χ2n) is 10.3. The minimum absolute atomic E-state index is 0.615. The Balaban J connectivity index is 1.32. The third-order valence-electron chi connectivity index (χ3n) is 7.44. The molecule has 0 aliphatic rings. The van der Waals surface area contributed by atoms with Crippen LogP contribution in [0.4, 0.5) is 0 Å². The van der Waals surface area contributed by atoms with Gasteiger partial charge in [-0.05, 0) is 86.5 Å². The van der Waals surface area contributed by atoms with E-state index in [-0.39, 0.29) is 0 Å². The van der Waals surface area contributed by atoms with Gasteiger partial charge in [0, 0.05) is 28.6 Å². The van der Waals surface area contributed by atoms with E-state index in [9.17, 15) is 5.26 Å². The Morgan fingerprint density at radius 3 is 2.33 bits per heavy atom. The number of hydrogen-bond donors (Lipinski definition) is 0. The molecule has 3 heterocycles. The van der Waals surface area contributed by atoms with Gasteiger partial charge >= 0.3 is 0 Å². The number of ether oxygens (including phenoxy) is 1. The van der Waals surface area contributed by atoms with Gasteiger partial charge in [-0.1, -0.05) is 36.4 Å². The molecule has 7 heteroatoms. The maximum absolute atomic E-state index is 9.52. The zero-order valence-electron chi connectivity index (χ0n) is 23.4. The second-order valence-corrected chi connectivity index (χ2v) is 10.3. The summed E-state index contributed by atoms with van der Waals surface area (Å²) in [7, 11) is 0. The number of aryl methyl sites for hydroxylation is 3. The van der Waals surface area contributed by atoms with Crippen LogP contribution in [0.5, 0.6) is 11.5 Å². The Morgan fingerprint density at radius 2 is 1.55 bits per heavy atom. The number of rotatable bonds is 5. The molecule has 7 rings (SSSR count). The number of pyridine rings is 1. The SMILES string of the molecule is Cc1nc(-c2cccc(Oc3ccc4c5cc(C#N)ccc5n(-c5ccccn5)c4c3)c2)n(-c2c(C)cccc2C)n1. The number of nitrogens with zero attached hydrogens (tertiary/aromatic N) is 6. The van der Waals surface area contributed by atoms with Gasteiger partial charge < -0.3 is 4.74 Å². The van der Waals surface area contributed by atoms with Gasteiger partial charge in [0.05, 0.1) is 28.4 Å². The third kappa shape index (κ3) is 4.27. The number of hydrogen-bond acceptors (Lipinski definition) is 5. The summed E-state index contributed by atoms with van der Waals surface area (Å²) >= 11 is 0. The number of aromatic nitrogens is 5. The summed E-state index contributed by atoms with van der Waals surface area (Å²) in [6.45, 7) is 6.08. The molecule has 0 N–H and O–H groups in total. The molecule has 0 spiro atoms. The van der Waals surface area contributed by atoms with Crippen molar-refractivity contribution in [3.8, 4) is 40.5 Å².